The Morgan fingerprint density at radius 3 is 2.26 bits per heavy atom. The predicted molar refractivity (Wildman–Crippen MR) is 68.7 cm³/mol. The van der Waals surface area contributed by atoms with Crippen molar-refractivity contribution < 1.29 is 18.0 Å². The van der Waals surface area contributed by atoms with Crippen LogP contribution in [0.5, 0.6) is 0 Å². The Kier molecular flexibility index (Phi) is 4.94. The number of rotatable bonds is 5. The van der Waals surface area contributed by atoms with E-state index in [0.717, 1.165) is 12.6 Å². The largest absolute Gasteiger partial charge is 0.417 e. The lowest BCUT2D eigenvalue weighted by atomic mass is 10.1. The molecule has 1 aromatic rings. The van der Waals surface area contributed by atoms with Gasteiger partial charge in [0, 0.05) is 31.4 Å². The van der Waals surface area contributed by atoms with Crippen LogP contribution in [0.4, 0.5) is 18.9 Å². The minimum absolute atomic E-state index is 0.229. The summed E-state index contributed by atoms with van der Waals surface area (Å²) in [7, 11) is 5.51. The van der Waals surface area contributed by atoms with E-state index in [4.69, 9.17) is 0 Å². The monoisotopic (exact) mass is 274 g/mol. The normalized spacial score (nSPS) is 11.7. The van der Waals surface area contributed by atoms with Gasteiger partial charge in [0.25, 0.3) is 0 Å². The lowest BCUT2D eigenvalue weighted by molar-refractivity contribution is -0.137. The number of aldehydes is 1. The maximum Gasteiger partial charge on any atom is 0.417 e. The summed E-state index contributed by atoms with van der Waals surface area (Å²) in [5, 5.41) is 0. The standard InChI is InChI=1S/C13H17F3N2O/c1-17(2)6-7-18(3)11-5-4-10(9-19)12(8-11)13(14,15)16/h4-5,8-9H,6-7H2,1-3H3. The van der Waals surface area contributed by atoms with E-state index in [2.05, 4.69) is 0 Å². The average Bonchev–Trinajstić information content (AvgIpc) is 2.34. The Labute approximate surface area is 110 Å². The molecular weight excluding hydrogens is 257 g/mol. The molecule has 0 aromatic heterocycles. The zero-order chi connectivity index (χ0) is 14.6. The number of benzene rings is 1. The Balaban J connectivity index is 3.01. The summed E-state index contributed by atoms with van der Waals surface area (Å²) in [4.78, 5) is 14.3. The molecule has 6 heteroatoms. The van der Waals surface area contributed by atoms with Crippen LogP contribution in [-0.4, -0.2) is 45.4 Å². The first-order chi connectivity index (χ1) is 8.75. The van der Waals surface area contributed by atoms with Crippen LogP contribution in [-0.2, 0) is 6.18 Å². The molecule has 0 atom stereocenters. The maximum absolute atomic E-state index is 12.8. The number of alkyl halides is 3. The van der Waals surface area contributed by atoms with Crippen molar-refractivity contribution >= 4 is 12.0 Å². The summed E-state index contributed by atoms with van der Waals surface area (Å²) in [6.45, 7) is 1.33. The molecule has 0 bridgehead atoms. The van der Waals surface area contributed by atoms with Crippen LogP contribution >= 0.6 is 0 Å². The van der Waals surface area contributed by atoms with Crippen molar-refractivity contribution in [1.29, 1.82) is 0 Å². The third-order valence-corrected chi connectivity index (χ3v) is 2.79. The highest BCUT2D eigenvalue weighted by atomic mass is 19.4. The first-order valence-corrected chi connectivity index (χ1v) is 5.78. The van der Waals surface area contributed by atoms with E-state index in [0.29, 0.717) is 12.2 Å². The molecule has 0 aliphatic heterocycles. The zero-order valence-corrected chi connectivity index (χ0v) is 11.2. The molecule has 0 aliphatic carbocycles. The van der Waals surface area contributed by atoms with Gasteiger partial charge in [0.1, 0.15) is 0 Å². The number of halogens is 3. The molecule has 0 heterocycles. The summed E-state index contributed by atoms with van der Waals surface area (Å²) >= 11 is 0. The van der Waals surface area contributed by atoms with Gasteiger partial charge in [0.05, 0.1) is 5.56 Å². The molecule has 0 amide bonds. The van der Waals surface area contributed by atoms with E-state index >= 15 is 0 Å². The fourth-order valence-corrected chi connectivity index (χ4v) is 1.61. The number of hydrogen-bond acceptors (Lipinski definition) is 3. The van der Waals surface area contributed by atoms with Crippen LogP contribution in [0, 0.1) is 0 Å². The SMILES string of the molecule is CN(C)CCN(C)c1ccc(C=O)c(C(F)(F)F)c1. The number of likely N-dealkylation sites (N-methyl/N-ethyl adjacent to an activating group) is 2. The van der Waals surface area contributed by atoms with Crippen molar-refractivity contribution in [2.75, 3.05) is 39.1 Å². The fraction of sp³-hybridized carbons (Fsp3) is 0.462. The van der Waals surface area contributed by atoms with Crippen molar-refractivity contribution in [3.8, 4) is 0 Å². The lowest BCUT2D eigenvalue weighted by Gasteiger charge is -2.23. The number of carbonyl (C=O) groups is 1. The molecule has 0 saturated carbocycles. The summed E-state index contributed by atoms with van der Waals surface area (Å²) < 4.78 is 38.4. The van der Waals surface area contributed by atoms with Crippen LogP contribution < -0.4 is 4.90 Å². The van der Waals surface area contributed by atoms with Gasteiger partial charge in [-0.25, -0.2) is 0 Å². The van der Waals surface area contributed by atoms with Gasteiger partial charge in [-0.2, -0.15) is 13.2 Å². The van der Waals surface area contributed by atoms with Gasteiger partial charge in [-0.05, 0) is 32.3 Å². The molecule has 1 rings (SSSR count). The Morgan fingerprint density at radius 2 is 1.79 bits per heavy atom. The fourth-order valence-electron chi connectivity index (χ4n) is 1.61. The van der Waals surface area contributed by atoms with Crippen LogP contribution in [0.3, 0.4) is 0 Å². The highest BCUT2D eigenvalue weighted by molar-refractivity contribution is 5.79. The zero-order valence-electron chi connectivity index (χ0n) is 11.2. The molecular formula is C13H17F3N2O. The van der Waals surface area contributed by atoms with Gasteiger partial charge in [-0.1, -0.05) is 0 Å². The van der Waals surface area contributed by atoms with Crippen molar-refractivity contribution in [2.24, 2.45) is 0 Å². The smallest absolute Gasteiger partial charge is 0.373 e. The Bertz CT molecular complexity index is 444. The molecule has 106 valence electrons. The van der Waals surface area contributed by atoms with E-state index < -0.39 is 11.7 Å². The minimum atomic E-state index is -4.52. The van der Waals surface area contributed by atoms with Crippen molar-refractivity contribution in [3.63, 3.8) is 0 Å². The molecule has 0 aliphatic rings. The number of nitrogens with zero attached hydrogens (tertiary/aromatic N) is 2. The van der Waals surface area contributed by atoms with E-state index in [1.807, 2.05) is 19.0 Å². The Morgan fingerprint density at radius 1 is 1.16 bits per heavy atom. The summed E-state index contributed by atoms with van der Waals surface area (Å²) in [5.41, 5.74) is -0.784. The summed E-state index contributed by atoms with van der Waals surface area (Å²) in [6.07, 6.45) is -4.29. The summed E-state index contributed by atoms with van der Waals surface area (Å²) in [6, 6.07) is 3.74. The van der Waals surface area contributed by atoms with Crippen molar-refractivity contribution in [1.82, 2.24) is 4.90 Å². The number of hydrogen-bond donors (Lipinski definition) is 0. The second-order valence-corrected chi connectivity index (χ2v) is 4.61. The van der Waals surface area contributed by atoms with E-state index in [9.17, 15) is 18.0 Å². The highest BCUT2D eigenvalue weighted by Gasteiger charge is 2.33. The molecule has 0 spiro atoms. The molecule has 0 unspecified atom stereocenters. The molecule has 1 aromatic carbocycles. The number of carbonyl (C=O) groups excluding carboxylic acids is 1. The van der Waals surface area contributed by atoms with E-state index in [1.165, 1.54) is 12.1 Å². The lowest BCUT2D eigenvalue weighted by Crippen LogP contribution is -2.28. The maximum atomic E-state index is 12.8. The molecule has 0 fully saturated rings. The van der Waals surface area contributed by atoms with Crippen LogP contribution in [0.25, 0.3) is 0 Å². The second-order valence-electron chi connectivity index (χ2n) is 4.61. The highest BCUT2D eigenvalue weighted by Crippen LogP contribution is 2.33. The molecule has 3 nitrogen and oxygen atoms in total. The van der Waals surface area contributed by atoms with Crippen LogP contribution in [0.1, 0.15) is 15.9 Å². The van der Waals surface area contributed by atoms with Crippen LogP contribution in [0.15, 0.2) is 18.2 Å². The second kappa shape index (κ2) is 6.06. The van der Waals surface area contributed by atoms with Gasteiger partial charge >= 0.3 is 6.18 Å². The van der Waals surface area contributed by atoms with Crippen LogP contribution in [0.2, 0.25) is 0 Å². The van der Waals surface area contributed by atoms with Gasteiger partial charge in [-0.15, -0.1) is 0 Å². The third-order valence-electron chi connectivity index (χ3n) is 2.79. The first kappa shape index (κ1) is 15.5. The van der Waals surface area contributed by atoms with E-state index in [1.54, 1.807) is 11.9 Å². The molecule has 0 saturated heterocycles. The predicted octanol–water partition coefficient (Wildman–Crippen LogP) is 2.52. The van der Waals surface area contributed by atoms with E-state index in [-0.39, 0.29) is 11.8 Å². The molecule has 0 N–H and O–H groups in total. The van der Waals surface area contributed by atoms with Gasteiger partial charge < -0.3 is 9.80 Å². The van der Waals surface area contributed by atoms with Gasteiger partial charge in [-0.3, -0.25) is 4.79 Å². The molecule has 0 radical (unpaired) electrons. The average molecular weight is 274 g/mol. The number of anilines is 1. The van der Waals surface area contributed by atoms with Gasteiger partial charge in [0.2, 0.25) is 0 Å². The molecule has 19 heavy (non-hydrogen) atoms. The minimum Gasteiger partial charge on any atom is -0.373 e. The van der Waals surface area contributed by atoms with Gasteiger partial charge in [0.15, 0.2) is 6.29 Å². The third kappa shape index (κ3) is 4.24. The Hall–Kier alpha value is -1.56. The quantitative estimate of drug-likeness (QED) is 0.771. The first-order valence-electron chi connectivity index (χ1n) is 5.78. The topological polar surface area (TPSA) is 23.6 Å². The summed E-state index contributed by atoms with van der Waals surface area (Å²) in [5.74, 6) is 0. The van der Waals surface area contributed by atoms with Crippen molar-refractivity contribution in [3.05, 3.63) is 29.3 Å². The van der Waals surface area contributed by atoms with Crippen molar-refractivity contribution in [2.45, 2.75) is 6.18 Å².